The highest BCUT2D eigenvalue weighted by Crippen LogP contribution is 2.22. The van der Waals surface area contributed by atoms with Gasteiger partial charge in [0, 0.05) is 18.1 Å². The van der Waals surface area contributed by atoms with Crippen LogP contribution in [-0.2, 0) is 9.53 Å². The molecule has 0 aliphatic carbocycles. The fraction of sp³-hybridized carbons (Fsp3) is 0.143. The second kappa shape index (κ2) is 9.94. The summed E-state index contributed by atoms with van der Waals surface area (Å²) in [6, 6.07) is 20.1. The third-order valence-corrected chi connectivity index (χ3v) is 3.50. The first kappa shape index (κ1) is 18.4. The predicted molar refractivity (Wildman–Crippen MR) is 102 cm³/mol. The zero-order chi connectivity index (χ0) is 18.7. The first-order valence-electron chi connectivity index (χ1n) is 8.53. The Morgan fingerprint density at radius 1 is 0.815 bits per heavy atom. The van der Waals surface area contributed by atoms with Gasteiger partial charge in [-0.1, -0.05) is 18.2 Å². The van der Waals surface area contributed by atoms with Crippen LogP contribution >= 0.6 is 0 Å². The van der Waals surface area contributed by atoms with E-state index in [2.05, 4.69) is 10.3 Å². The highest BCUT2D eigenvalue weighted by atomic mass is 16.5. The monoisotopic (exact) mass is 364 g/mol. The van der Waals surface area contributed by atoms with Crippen LogP contribution in [0.3, 0.4) is 0 Å². The number of amides is 1. The molecule has 0 spiro atoms. The van der Waals surface area contributed by atoms with Gasteiger partial charge in [0.1, 0.15) is 30.5 Å². The fourth-order valence-electron chi connectivity index (χ4n) is 2.25. The maximum Gasteiger partial charge on any atom is 0.250 e. The number of aromatic nitrogens is 1. The Morgan fingerprint density at radius 2 is 1.52 bits per heavy atom. The normalized spacial score (nSPS) is 10.2. The molecule has 0 aliphatic heterocycles. The molecule has 1 aromatic heterocycles. The standard InChI is InChI=1S/C21H20N2O4/c24-21(16-25-14-15-26-18-4-2-1-3-5-18)23-17-6-8-19(9-7-17)27-20-10-12-22-13-11-20/h1-13H,14-16H2,(H,23,24). The van der Waals surface area contributed by atoms with Gasteiger partial charge in [-0.25, -0.2) is 0 Å². The zero-order valence-electron chi connectivity index (χ0n) is 14.7. The van der Waals surface area contributed by atoms with Gasteiger partial charge in [0.2, 0.25) is 5.91 Å². The van der Waals surface area contributed by atoms with Crippen LogP contribution in [0.25, 0.3) is 0 Å². The molecule has 0 bridgehead atoms. The Kier molecular flexibility index (Phi) is 6.78. The number of benzene rings is 2. The minimum atomic E-state index is -0.225. The molecule has 27 heavy (non-hydrogen) atoms. The average molecular weight is 364 g/mol. The van der Waals surface area contributed by atoms with E-state index in [0.717, 1.165) is 5.75 Å². The van der Waals surface area contributed by atoms with Gasteiger partial charge in [-0.2, -0.15) is 0 Å². The quantitative estimate of drug-likeness (QED) is 0.583. The number of para-hydroxylation sites is 1. The summed E-state index contributed by atoms with van der Waals surface area (Å²) in [5.41, 5.74) is 0.672. The summed E-state index contributed by atoms with van der Waals surface area (Å²) >= 11 is 0. The van der Waals surface area contributed by atoms with E-state index in [1.54, 1.807) is 48.8 Å². The molecule has 0 atom stereocenters. The van der Waals surface area contributed by atoms with Crippen LogP contribution in [0.15, 0.2) is 79.1 Å². The minimum absolute atomic E-state index is 0.0343. The molecule has 1 N–H and O–H groups in total. The Balaban J connectivity index is 1.35. The van der Waals surface area contributed by atoms with E-state index < -0.39 is 0 Å². The Hall–Kier alpha value is -3.38. The topological polar surface area (TPSA) is 69.7 Å². The Bertz CT molecular complexity index is 824. The lowest BCUT2D eigenvalue weighted by Crippen LogP contribution is -2.20. The van der Waals surface area contributed by atoms with Crippen LogP contribution in [0.1, 0.15) is 0 Å². The van der Waals surface area contributed by atoms with E-state index in [0.29, 0.717) is 30.4 Å². The van der Waals surface area contributed by atoms with E-state index in [1.807, 2.05) is 30.3 Å². The molecule has 1 amide bonds. The molecule has 3 rings (SSSR count). The smallest absolute Gasteiger partial charge is 0.250 e. The molecule has 0 saturated carbocycles. The molecule has 138 valence electrons. The van der Waals surface area contributed by atoms with Crippen molar-refractivity contribution in [2.45, 2.75) is 0 Å². The third-order valence-electron chi connectivity index (χ3n) is 3.50. The molecular formula is C21H20N2O4. The maximum absolute atomic E-state index is 11.9. The van der Waals surface area contributed by atoms with E-state index >= 15 is 0 Å². The van der Waals surface area contributed by atoms with E-state index in [4.69, 9.17) is 14.2 Å². The number of nitrogens with one attached hydrogen (secondary N) is 1. The van der Waals surface area contributed by atoms with Crippen LogP contribution in [-0.4, -0.2) is 30.7 Å². The lowest BCUT2D eigenvalue weighted by Gasteiger charge is -2.09. The summed E-state index contributed by atoms with van der Waals surface area (Å²) in [7, 11) is 0. The average Bonchev–Trinajstić information content (AvgIpc) is 2.71. The van der Waals surface area contributed by atoms with Crippen molar-refractivity contribution in [2.75, 3.05) is 25.1 Å². The van der Waals surface area contributed by atoms with Crippen molar-refractivity contribution in [2.24, 2.45) is 0 Å². The van der Waals surface area contributed by atoms with Crippen LogP contribution in [0.5, 0.6) is 17.2 Å². The number of carbonyl (C=O) groups is 1. The number of rotatable bonds is 9. The molecule has 3 aromatic rings. The number of nitrogens with zero attached hydrogens (tertiary/aromatic N) is 1. The van der Waals surface area contributed by atoms with Gasteiger partial charge in [-0.3, -0.25) is 9.78 Å². The molecule has 6 nitrogen and oxygen atoms in total. The van der Waals surface area contributed by atoms with Crippen molar-refractivity contribution >= 4 is 11.6 Å². The fourth-order valence-corrected chi connectivity index (χ4v) is 2.25. The Morgan fingerprint density at radius 3 is 2.26 bits per heavy atom. The number of hydrogen-bond donors (Lipinski definition) is 1. The highest BCUT2D eigenvalue weighted by molar-refractivity contribution is 5.91. The Labute approximate surface area is 157 Å². The number of carbonyl (C=O) groups excluding carboxylic acids is 1. The third kappa shape index (κ3) is 6.45. The number of pyridine rings is 1. The van der Waals surface area contributed by atoms with Gasteiger partial charge < -0.3 is 19.5 Å². The summed E-state index contributed by atoms with van der Waals surface area (Å²) in [6.45, 7) is 0.687. The van der Waals surface area contributed by atoms with E-state index in [9.17, 15) is 4.79 Å². The molecule has 1 heterocycles. The molecule has 0 fully saturated rings. The van der Waals surface area contributed by atoms with Gasteiger partial charge in [0.15, 0.2) is 0 Å². The zero-order valence-corrected chi connectivity index (χ0v) is 14.7. The van der Waals surface area contributed by atoms with E-state index in [1.165, 1.54) is 0 Å². The van der Waals surface area contributed by atoms with Gasteiger partial charge in [-0.05, 0) is 48.5 Å². The largest absolute Gasteiger partial charge is 0.491 e. The van der Waals surface area contributed by atoms with Crippen LogP contribution in [0.4, 0.5) is 5.69 Å². The number of ether oxygens (including phenoxy) is 3. The van der Waals surface area contributed by atoms with Crippen molar-refractivity contribution in [3.05, 3.63) is 79.1 Å². The van der Waals surface area contributed by atoms with Crippen molar-refractivity contribution in [3.8, 4) is 17.2 Å². The van der Waals surface area contributed by atoms with Crippen LogP contribution in [0.2, 0.25) is 0 Å². The minimum Gasteiger partial charge on any atom is -0.491 e. The lowest BCUT2D eigenvalue weighted by atomic mass is 10.3. The molecule has 6 heteroatoms. The first-order valence-corrected chi connectivity index (χ1v) is 8.53. The summed E-state index contributed by atoms with van der Waals surface area (Å²) < 4.78 is 16.5. The lowest BCUT2D eigenvalue weighted by molar-refractivity contribution is -0.120. The van der Waals surface area contributed by atoms with Crippen LogP contribution in [0, 0.1) is 0 Å². The van der Waals surface area contributed by atoms with Gasteiger partial charge >= 0.3 is 0 Å². The van der Waals surface area contributed by atoms with E-state index in [-0.39, 0.29) is 12.5 Å². The molecular weight excluding hydrogens is 344 g/mol. The van der Waals surface area contributed by atoms with Crippen molar-refractivity contribution < 1.29 is 19.0 Å². The first-order chi connectivity index (χ1) is 13.3. The van der Waals surface area contributed by atoms with Crippen molar-refractivity contribution in [1.29, 1.82) is 0 Å². The number of anilines is 1. The van der Waals surface area contributed by atoms with Crippen LogP contribution < -0.4 is 14.8 Å². The molecule has 0 saturated heterocycles. The second-order valence-corrected chi connectivity index (χ2v) is 5.57. The van der Waals surface area contributed by atoms with Gasteiger partial charge in [0.25, 0.3) is 0 Å². The summed E-state index contributed by atoms with van der Waals surface area (Å²) in [5.74, 6) is 1.93. The van der Waals surface area contributed by atoms with Crippen molar-refractivity contribution in [3.63, 3.8) is 0 Å². The number of hydrogen-bond acceptors (Lipinski definition) is 5. The summed E-state index contributed by atoms with van der Waals surface area (Å²) in [5, 5.41) is 2.77. The predicted octanol–water partition coefficient (Wildman–Crippen LogP) is 3.91. The highest BCUT2D eigenvalue weighted by Gasteiger charge is 2.04. The molecule has 2 aromatic carbocycles. The van der Waals surface area contributed by atoms with Gasteiger partial charge in [-0.15, -0.1) is 0 Å². The SMILES string of the molecule is O=C(COCCOc1ccccc1)Nc1ccc(Oc2ccncc2)cc1. The summed E-state index contributed by atoms with van der Waals surface area (Å²) in [4.78, 5) is 15.8. The molecule has 0 unspecified atom stereocenters. The van der Waals surface area contributed by atoms with Crippen molar-refractivity contribution in [1.82, 2.24) is 4.98 Å². The maximum atomic E-state index is 11.9. The molecule has 0 aliphatic rings. The second-order valence-electron chi connectivity index (χ2n) is 5.57. The van der Waals surface area contributed by atoms with Gasteiger partial charge in [0.05, 0.1) is 6.61 Å². The molecule has 0 radical (unpaired) electrons. The summed E-state index contributed by atoms with van der Waals surface area (Å²) in [6.07, 6.45) is 3.32.